The highest BCUT2D eigenvalue weighted by Gasteiger charge is 2.23. The Morgan fingerprint density at radius 2 is 2.17 bits per heavy atom. The van der Waals surface area contributed by atoms with Gasteiger partial charge in [-0.05, 0) is 25.0 Å². The Balaban J connectivity index is 2.07. The lowest BCUT2D eigenvalue weighted by Gasteiger charge is -2.11. The summed E-state index contributed by atoms with van der Waals surface area (Å²) in [7, 11) is 0. The lowest BCUT2D eigenvalue weighted by molar-refractivity contribution is -0.124. The number of nitrogens with one attached hydrogen (secondary N) is 1. The van der Waals surface area contributed by atoms with Crippen molar-refractivity contribution in [2.75, 3.05) is 11.9 Å². The number of rotatable bonds is 3. The molecule has 96 valence electrons. The molecule has 2 rings (SSSR count). The largest absolute Gasteiger partial charge is 0.507 e. The minimum absolute atomic E-state index is 0.204. The number of hydrogen-bond donors (Lipinski definition) is 3. The van der Waals surface area contributed by atoms with E-state index in [0.29, 0.717) is 18.7 Å². The number of ether oxygens (including phenoxy) is 1. The molecule has 0 radical (unpaired) electrons. The molecule has 0 aliphatic carbocycles. The number of aromatic hydroxyl groups is 1. The van der Waals surface area contributed by atoms with Crippen LogP contribution >= 0.6 is 0 Å². The predicted octanol–water partition coefficient (Wildman–Crippen LogP) is 1.21. The van der Waals surface area contributed by atoms with Crippen molar-refractivity contribution in [3.8, 4) is 5.75 Å². The molecule has 1 aliphatic rings. The monoisotopic (exact) mass is 251 g/mol. The third-order valence-corrected chi connectivity index (χ3v) is 2.72. The average molecular weight is 251 g/mol. The summed E-state index contributed by atoms with van der Waals surface area (Å²) in [5.41, 5.74) is 0.142. The van der Waals surface area contributed by atoms with Gasteiger partial charge in [0.1, 0.15) is 17.4 Å². The Kier molecular flexibility index (Phi) is 3.47. The summed E-state index contributed by atoms with van der Waals surface area (Å²) in [4.78, 5) is 22.4. The number of carbonyl (C=O) groups excluding carboxylic acids is 1. The molecular formula is C12H13NO5. The molecule has 1 amide bonds. The number of carboxylic acids is 1. The number of aromatic carboxylic acids is 1. The van der Waals surface area contributed by atoms with Gasteiger partial charge in [-0.25, -0.2) is 4.79 Å². The van der Waals surface area contributed by atoms with Gasteiger partial charge in [0.2, 0.25) is 0 Å². The Bertz CT molecular complexity index is 479. The molecule has 1 saturated heterocycles. The Labute approximate surface area is 103 Å². The third-order valence-electron chi connectivity index (χ3n) is 2.72. The highest BCUT2D eigenvalue weighted by Crippen LogP contribution is 2.23. The van der Waals surface area contributed by atoms with Crippen LogP contribution in [0.3, 0.4) is 0 Å². The topological polar surface area (TPSA) is 95.9 Å². The van der Waals surface area contributed by atoms with Crippen LogP contribution in [0.2, 0.25) is 0 Å². The molecule has 6 nitrogen and oxygen atoms in total. The number of phenols is 1. The summed E-state index contributed by atoms with van der Waals surface area (Å²) >= 11 is 0. The van der Waals surface area contributed by atoms with E-state index in [1.165, 1.54) is 18.2 Å². The van der Waals surface area contributed by atoms with Gasteiger partial charge in [-0.1, -0.05) is 0 Å². The van der Waals surface area contributed by atoms with E-state index in [-0.39, 0.29) is 17.2 Å². The lowest BCUT2D eigenvalue weighted by Crippen LogP contribution is -2.26. The molecule has 0 aromatic heterocycles. The van der Waals surface area contributed by atoms with Crippen LogP contribution in [0.1, 0.15) is 23.2 Å². The number of carboxylic acid groups (broad SMARTS) is 1. The maximum atomic E-state index is 11.7. The van der Waals surface area contributed by atoms with Gasteiger partial charge < -0.3 is 20.3 Å². The maximum Gasteiger partial charge on any atom is 0.339 e. The smallest absolute Gasteiger partial charge is 0.339 e. The van der Waals surface area contributed by atoms with E-state index in [4.69, 9.17) is 9.84 Å². The second-order valence-corrected chi connectivity index (χ2v) is 4.03. The van der Waals surface area contributed by atoms with Gasteiger partial charge >= 0.3 is 5.97 Å². The Morgan fingerprint density at radius 3 is 2.72 bits per heavy atom. The molecule has 0 saturated carbocycles. The van der Waals surface area contributed by atoms with Crippen LogP contribution in [0.4, 0.5) is 5.69 Å². The molecule has 1 aromatic rings. The first-order valence-corrected chi connectivity index (χ1v) is 5.56. The normalized spacial score (nSPS) is 18.6. The fraction of sp³-hybridized carbons (Fsp3) is 0.333. The summed E-state index contributed by atoms with van der Waals surface area (Å²) in [6.07, 6.45) is 1.05. The first-order valence-electron chi connectivity index (χ1n) is 5.56. The van der Waals surface area contributed by atoms with Crippen LogP contribution in [0, 0.1) is 0 Å². The van der Waals surface area contributed by atoms with Gasteiger partial charge in [-0.3, -0.25) is 4.79 Å². The fourth-order valence-corrected chi connectivity index (χ4v) is 1.80. The zero-order valence-corrected chi connectivity index (χ0v) is 9.55. The third kappa shape index (κ3) is 2.60. The van der Waals surface area contributed by atoms with Crippen molar-refractivity contribution in [3.05, 3.63) is 23.8 Å². The highest BCUT2D eigenvalue weighted by molar-refractivity contribution is 5.96. The molecule has 0 bridgehead atoms. The molecule has 1 fully saturated rings. The SMILES string of the molecule is O=C(O)c1ccc(NC(=O)C2CCCO2)cc1O. The Morgan fingerprint density at radius 1 is 1.39 bits per heavy atom. The molecule has 6 heteroatoms. The van der Waals surface area contributed by atoms with Crippen LogP contribution in [-0.4, -0.2) is 34.8 Å². The van der Waals surface area contributed by atoms with E-state index >= 15 is 0 Å². The number of anilines is 1. The quantitative estimate of drug-likeness (QED) is 0.750. The van der Waals surface area contributed by atoms with Gasteiger partial charge in [0, 0.05) is 18.4 Å². The van der Waals surface area contributed by atoms with E-state index in [9.17, 15) is 14.7 Å². The van der Waals surface area contributed by atoms with E-state index in [1.807, 2.05) is 0 Å². The summed E-state index contributed by atoms with van der Waals surface area (Å²) in [5, 5.41) is 20.8. The van der Waals surface area contributed by atoms with E-state index < -0.39 is 12.1 Å². The zero-order valence-electron chi connectivity index (χ0n) is 9.55. The van der Waals surface area contributed by atoms with Crippen molar-refractivity contribution >= 4 is 17.6 Å². The molecule has 1 aliphatic heterocycles. The predicted molar refractivity (Wildman–Crippen MR) is 62.7 cm³/mol. The minimum Gasteiger partial charge on any atom is -0.507 e. The molecule has 1 atom stereocenters. The second-order valence-electron chi connectivity index (χ2n) is 4.03. The van der Waals surface area contributed by atoms with Crippen LogP contribution < -0.4 is 5.32 Å². The summed E-state index contributed by atoms with van der Waals surface area (Å²) < 4.78 is 5.21. The molecule has 18 heavy (non-hydrogen) atoms. The van der Waals surface area contributed by atoms with E-state index in [2.05, 4.69) is 5.32 Å². The van der Waals surface area contributed by atoms with Crippen molar-refractivity contribution in [1.29, 1.82) is 0 Å². The highest BCUT2D eigenvalue weighted by atomic mass is 16.5. The van der Waals surface area contributed by atoms with Gasteiger partial charge in [0.25, 0.3) is 5.91 Å². The lowest BCUT2D eigenvalue weighted by atomic mass is 10.1. The molecular weight excluding hydrogens is 238 g/mol. The molecule has 1 heterocycles. The van der Waals surface area contributed by atoms with Crippen molar-refractivity contribution in [3.63, 3.8) is 0 Å². The van der Waals surface area contributed by atoms with Crippen molar-refractivity contribution in [1.82, 2.24) is 0 Å². The van der Waals surface area contributed by atoms with Crippen LogP contribution in [0.25, 0.3) is 0 Å². The van der Waals surface area contributed by atoms with Gasteiger partial charge in [0.05, 0.1) is 0 Å². The molecule has 1 unspecified atom stereocenters. The zero-order chi connectivity index (χ0) is 13.1. The van der Waals surface area contributed by atoms with Crippen molar-refractivity contribution in [2.24, 2.45) is 0 Å². The van der Waals surface area contributed by atoms with Gasteiger partial charge in [0.15, 0.2) is 0 Å². The average Bonchev–Trinajstić information content (AvgIpc) is 2.81. The standard InChI is InChI=1S/C12H13NO5/c14-9-6-7(3-4-8(9)12(16)17)13-11(15)10-2-1-5-18-10/h3-4,6,10,14H,1-2,5H2,(H,13,15)(H,16,17). The number of amides is 1. The van der Waals surface area contributed by atoms with Gasteiger partial charge in [-0.15, -0.1) is 0 Å². The number of carbonyl (C=O) groups is 2. The van der Waals surface area contributed by atoms with E-state index in [1.54, 1.807) is 0 Å². The fourth-order valence-electron chi connectivity index (χ4n) is 1.80. The van der Waals surface area contributed by atoms with Crippen molar-refractivity contribution < 1.29 is 24.5 Å². The number of hydrogen-bond acceptors (Lipinski definition) is 4. The summed E-state index contributed by atoms with van der Waals surface area (Å²) in [6, 6.07) is 3.87. The Hall–Kier alpha value is -2.08. The summed E-state index contributed by atoms with van der Waals surface area (Å²) in [6.45, 7) is 0.571. The van der Waals surface area contributed by atoms with Crippen LogP contribution in [0.5, 0.6) is 5.75 Å². The van der Waals surface area contributed by atoms with Crippen LogP contribution in [0.15, 0.2) is 18.2 Å². The van der Waals surface area contributed by atoms with Crippen LogP contribution in [-0.2, 0) is 9.53 Å². The molecule has 1 aromatic carbocycles. The van der Waals surface area contributed by atoms with Gasteiger partial charge in [-0.2, -0.15) is 0 Å². The summed E-state index contributed by atoms with van der Waals surface area (Å²) in [5.74, 6) is -1.88. The number of benzene rings is 1. The molecule has 0 spiro atoms. The van der Waals surface area contributed by atoms with Crippen molar-refractivity contribution in [2.45, 2.75) is 18.9 Å². The van der Waals surface area contributed by atoms with E-state index in [0.717, 1.165) is 6.42 Å². The first kappa shape index (κ1) is 12.4. The first-order chi connectivity index (χ1) is 8.58. The maximum absolute atomic E-state index is 11.7. The minimum atomic E-state index is -1.22. The molecule has 3 N–H and O–H groups in total. The second kappa shape index (κ2) is 5.05.